The molecule has 0 bridgehead atoms. The smallest absolute Gasteiger partial charge is 0.346 e. The van der Waals surface area contributed by atoms with Crippen LogP contribution in [0.15, 0.2) is 36.5 Å². The lowest BCUT2D eigenvalue weighted by Gasteiger charge is -2.06. The highest BCUT2D eigenvalue weighted by molar-refractivity contribution is 7.21. The van der Waals surface area contributed by atoms with Gasteiger partial charge in [-0.3, -0.25) is 4.79 Å². The second kappa shape index (κ2) is 6.13. The van der Waals surface area contributed by atoms with Crippen LogP contribution >= 0.6 is 11.3 Å². The largest absolute Gasteiger partial charge is 0.477 e. The summed E-state index contributed by atoms with van der Waals surface area (Å²) in [5, 5.41) is 12.9. The Bertz CT molecular complexity index is 904. The van der Waals surface area contributed by atoms with Crippen LogP contribution in [-0.4, -0.2) is 27.0 Å². The minimum atomic E-state index is -0.992. The first-order valence-electron chi connectivity index (χ1n) is 6.88. The number of hydrogen-bond donors (Lipinski definition) is 2. The summed E-state index contributed by atoms with van der Waals surface area (Å²) in [4.78, 5) is 31.8. The van der Waals surface area contributed by atoms with Gasteiger partial charge in [-0.15, -0.1) is 11.3 Å². The molecular weight excluding hydrogens is 314 g/mol. The third-order valence-corrected chi connectivity index (χ3v) is 4.53. The van der Waals surface area contributed by atoms with Gasteiger partial charge in [-0.25, -0.2) is 14.8 Å². The van der Waals surface area contributed by atoms with Gasteiger partial charge in [0, 0.05) is 23.0 Å². The lowest BCUT2D eigenvalue weighted by molar-refractivity contribution is 0.0700. The lowest BCUT2D eigenvalue weighted by atomic mass is 10.1. The summed E-state index contributed by atoms with van der Waals surface area (Å²) >= 11 is 1.21. The number of carbonyl (C=O) groups is 2. The highest BCUT2D eigenvalue weighted by Gasteiger charge is 2.18. The molecule has 0 aliphatic heterocycles. The molecule has 0 spiro atoms. The first kappa shape index (κ1) is 15.1. The van der Waals surface area contributed by atoms with Gasteiger partial charge in [0.05, 0.1) is 0 Å². The number of benzene rings is 1. The molecule has 0 aliphatic carbocycles. The number of thiophene rings is 1. The molecule has 3 aromatic rings. The highest BCUT2D eigenvalue weighted by atomic mass is 32.1. The third kappa shape index (κ3) is 3.04. The van der Waals surface area contributed by atoms with Crippen LogP contribution in [0, 0.1) is 6.92 Å². The molecule has 0 unspecified atom stereocenters. The SMILES string of the molecule is Cc1nccc(C(=O)NCc2c(C(=O)O)sc3ccccc23)n1. The number of carbonyl (C=O) groups excluding carboxylic acids is 1. The number of aryl methyl sites for hydroxylation is 1. The number of fused-ring (bicyclic) bond motifs is 1. The second-order valence-electron chi connectivity index (χ2n) is 4.88. The van der Waals surface area contributed by atoms with Gasteiger partial charge in [0.2, 0.25) is 0 Å². The van der Waals surface area contributed by atoms with E-state index in [1.165, 1.54) is 23.6 Å². The number of aromatic nitrogens is 2. The van der Waals surface area contributed by atoms with Crippen molar-refractivity contribution >= 4 is 33.3 Å². The Morgan fingerprint density at radius 3 is 2.78 bits per heavy atom. The van der Waals surface area contributed by atoms with Gasteiger partial charge in [-0.1, -0.05) is 18.2 Å². The van der Waals surface area contributed by atoms with Crippen LogP contribution in [0.2, 0.25) is 0 Å². The zero-order valence-corrected chi connectivity index (χ0v) is 13.1. The van der Waals surface area contributed by atoms with Gasteiger partial charge in [0.1, 0.15) is 16.4 Å². The number of amides is 1. The Balaban J connectivity index is 1.88. The van der Waals surface area contributed by atoms with Crippen LogP contribution in [0.3, 0.4) is 0 Å². The lowest BCUT2D eigenvalue weighted by Crippen LogP contribution is -2.24. The molecule has 23 heavy (non-hydrogen) atoms. The molecule has 0 aliphatic rings. The maximum Gasteiger partial charge on any atom is 0.346 e. The van der Waals surface area contributed by atoms with Crippen molar-refractivity contribution in [2.75, 3.05) is 0 Å². The number of carboxylic acids is 1. The van der Waals surface area contributed by atoms with Gasteiger partial charge < -0.3 is 10.4 Å². The fourth-order valence-corrected chi connectivity index (χ4v) is 3.35. The summed E-state index contributed by atoms with van der Waals surface area (Å²) in [7, 11) is 0. The number of carboxylic acid groups (broad SMARTS) is 1. The van der Waals surface area contributed by atoms with Crippen LogP contribution in [0.4, 0.5) is 0 Å². The van der Waals surface area contributed by atoms with E-state index in [9.17, 15) is 14.7 Å². The van der Waals surface area contributed by atoms with Crippen molar-refractivity contribution in [2.24, 2.45) is 0 Å². The normalized spacial score (nSPS) is 10.7. The summed E-state index contributed by atoms with van der Waals surface area (Å²) in [6, 6.07) is 8.95. The van der Waals surface area contributed by atoms with Crippen molar-refractivity contribution in [3.05, 3.63) is 58.5 Å². The third-order valence-electron chi connectivity index (χ3n) is 3.33. The Kier molecular flexibility index (Phi) is 4.03. The molecule has 7 heteroatoms. The van der Waals surface area contributed by atoms with Gasteiger partial charge in [-0.05, 0) is 24.4 Å². The summed E-state index contributed by atoms with van der Waals surface area (Å²) in [6.45, 7) is 1.83. The van der Waals surface area contributed by atoms with Crippen LogP contribution in [0.5, 0.6) is 0 Å². The zero-order chi connectivity index (χ0) is 16.4. The molecule has 0 atom stereocenters. The van der Waals surface area contributed by atoms with Crippen LogP contribution in [0.1, 0.15) is 31.5 Å². The zero-order valence-electron chi connectivity index (χ0n) is 12.2. The predicted molar refractivity (Wildman–Crippen MR) is 86.7 cm³/mol. The number of rotatable bonds is 4. The maximum absolute atomic E-state index is 12.2. The molecule has 3 rings (SSSR count). The average molecular weight is 327 g/mol. The van der Waals surface area contributed by atoms with Gasteiger partial charge in [0.15, 0.2) is 0 Å². The van der Waals surface area contributed by atoms with E-state index in [-0.39, 0.29) is 23.0 Å². The molecule has 2 aromatic heterocycles. The van der Waals surface area contributed by atoms with E-state index in [1.54, 1.807) is 6.92 Å². The fourth-order valence-electron chi connectivity index (χ4n) is 2.29. The molecule has 0 saturated heterocycles. The van der Waals surface area contributed by atoms with Gasteiger partial charge in [-0.2, -0.15) is 0 Å². The summed E-state index contributed by atoms with van der Waals surface area (Å²) in [5.41, 5.74) is 0.867. The molecule has 0 radical (unpaired) electrons. The first-order valence-corrected chi connectivity index (χ1v) is 7.69. The quantitative estimate of drug-likeness (QED) is 0.768. The number of nitrogens with zero attached hydrogens (tertiary/aromatic N) is 2. The van der Waals surface area contributed by atoms with Crippen molar-refractivity contribution < 1.29 is 14.7 Å². The van der Waals surface area contributed by atoms with E-state index in [0.29, 0.717) is 11.4 Å². The Morgan fingerprint density at radius 1 is 1.26 bits per heavy atom. The van der Waals surface area contributed by atoms with Crippen molar-refractivity contribution in [3.8, 4) is 0 Å². The summed E-state index contributed by atoms with van der Waals surface area (Å²) in [5.74, 6) is -0.847. The Hall–Kier alpha value is -2.80. The Morgan fingerprint density at radius 2 is 2.04 bits per heavy atom. The highest BCUT2D eigenvalue weighted by Crippen LogP contribution is 2.31. The predicted octanol–water partition coefficient (Wildman–Crippen LogP) is 2.63. The van der Waals surface area contributed by atoms with Crippen molar-refractivity contribution in [3.63, 3.8) is 0 Å². The van der Waals surface area contributed by atoms with Gasteiger partial charge in [0.25, 0.3) is 5.91 Å². The number of aromatic carboxylic acids is 1. The molecule has 1 aromatic carbocycles. The topological polar surface area (TPSA) is 92.2 Å². The average Bonchev–Trinajstić information content (AvgIpc) is 2.91. The molecule has 0 saturated carbocycles. The van der Waals surface area contributed by atoms with E-state index in [2.05, 4.69) is 15.3 Å². The molecule has 116 valence electrons. The van der Waals surface area contributed by atoms with Crippen molar-refractivity contribution in [2.45, 2.75) is 13.5 Å². The van der Waals surface area contributed by atoms with E-state index in [1.807, 2.05) is 24.3 Å². The second-order valence-corrected chi connectivity index (χ2v) is 5.94. The van der Waals surface area contributed by atoms with E-state index < -0.39 is 5.97 Å². The standard InChI is InChI=1S/C16H13N3O3S/c1-9-17-7-6-12(19-9)15(20)18-8-11-10-4-2-3-5-13(10)23-14(11)16(21)22/h2-7H,8H2,1H3,(H,18,20)(H,21,22). The van der Waals surface area contributed by atoms with Crippen LogP contribution < -0.4 is 5.32 Å². The summed E-state index contributed by atoms with van der Waals surface area (Å²) in [6.07, 6.45) is 1.51. The molecular formula is C16H13N3O3S. The van der Waals surface area contributed by atoms with E-state index in [0.717, 1.165) is 10.1 Å². The maximum atomic E-state index is 12.2. The minimum absolute atomic E-state index is 0.132. The minimum Gasteiger partial charge on any atom is -0.477 e. The van der Waals surface area contributed by atoms with E-state index in [4.69, 9.17) is 0 Å². The molecule has 1 amide bonds. The van der Waals surface area contributed by atoms with Crippen LogP contribution in [-0.2, 0) is 6.54 Å². The summed E-state index contributed by atoms with van der Waals surface area (Å²) < 4.78 is 0.882. The number of hydrogen-bond acceptors (Lipinski definition) is 5. The van der Waals surface area contributed by atoms with Crippen molar-refractivity contribution in [1.29, 1.82) is 0 Å². The Labute approximate surface area is 135 Å². The monoisotopic (exact) mass is 327 g/mol. The van der Waals surface area contributed by atoms with Crippen molar-refractivity contribution in [1.82, 2.24) is 15.3 Å². The van der Waals surface area contributed by atoms with Gasteiger partial charge >= 0.3 is 5.97 Å². The molecule has 2 heterocycles. The molecule has 6 nitrogen and oxygen atoms in total. The fraction of sp³-hybridized carbons (Fsp3) is 0.125. The molecule has 2 N–H and O–H groups in total. The first-order chi connectivity index (χ1) is 11.1. The van der Waals surface area contributed by atoms with Crippen LogP contribution in [0.25, 0.3) is 10.1 Å². The number of nitrogens with one attached hydrogen (secondary N) is 1. The van der Waals surface area contributed by atoms with E-state index >= 15 is 0 Å². The molecule has 0 fully saturated rings.